The Bertz CT molecular complexity index is 747. The van der Waals surface area contributed by atoms with Gasteiger partial charge in [0.2, 0.25) is 11.8 Å². The molecule has 2 aromatic rings. The van der Waals surface area contributed by atoms with Crippen molar-refractivity contribution in [3.63, 3.8) is 0 Å². The first-order chi connectivity index (χ1) is 11.6. The number of hydrogen-bond acceptors (Lipinski definition) is 4. The van der Waals surface area contributed by atoms with Crippen molar-refractivity contribution in [3.05, 3.63) is 48.2 Å². The number of anilines is 3. The topological polar surface area (TPSA) is 88.3 Å². The molecule has 1 unspecified atom stereocenters. The summed E-state index contributed by atoms with van der Waals surface area (Å²) in [7, 11) is 0. The molecule has 3 rings (SSSR count). The number of benzene rings is 1. The van der Waals surface area contributed by atoms with Crippen molar-refractivity contribution in [2.24, 2.45) is 5.92 Å². The molecule has 132 valence electrons. The van der Waals surface area contributed by atoms with Crippen molar-refractivity contribution in [1.82, 2.24) is 4.98 Å². The molecule has 1 atom stereocenters. The average molecular weight is 361 g/mol. The number of rotatable bonds is 4. The molecule has 1 aliphatic rings. The van der Waals surface area contributed by atoms with E-state index in [1.807, 2.05) is 24.3 Å². The minimum atomic E-state index is -0.374. The second-order valence-electron chi connectivity index (χ2n) is 5.89. The summed E-state index contributed by atoms with van der Waals surface area (Å²) >= 11 is 0. The van der Waals surface area contributed by atoms with E-state index in [-0.39, 0.29) is 36.6 Å². The SMILES string of the molecule is CCc1ccc(N2CC(C(=O)Nc3ccc(N)nc3)CC2=O)cc1.Cl. The zero-order valence-electron chi connectivity index (χ0n) is 13.9. The van der Waals surface area contributed by atoms with Crippen LogP contribution in [0.4, 0.5) is 17.2 Å². The summed E-state index contributed by atoms with van der Waals surface area (Å²) in [5.41, 5.74) is 8.16. The third kappa shape index (κ3) is 4.28. The fraction of sp³-hybridized carbons (Fsp3) is 0.278. The van der Waals surface area contributed by atoms with Crippen LogP contribution in [0.1, 0.15) is 18.9 Å². The number of aromatic nitrogens is 1. The summed E-state index contributed by atoms with van der Waals surface area (Å²) in [4.78, 5) is 30.2. The highest BCUT2D eigenvalue weighted by atomic mass is 35.5. The molecule has 0 saturated carbocycles. The van der Waals surface area contributed by atoms with Gasteiger partial charge in [-0.25, -0.2) is 4.98 Å². The zero-order chi connectivity index (χ0) is 17.1. The maximum absolute atomic E-state index is 12.4. The number of hydrogen-bond donors (Lipinski definition) is 2. The van der Waals surface area contributed by atoms with Crippen LogP contribution in [0.5, 0.6) is 0 Å². The summed E-state index contributed by atoms with van der Waals surface area (Å²) < 4.78 is 0. The number of carbonyl (C=O) groups is 2. The molecule has 0 bridgehead atoms. The van der Waals surface area contributed by atoms with Crippen LogP contribution in [0.2, 0.25) is 0 Å². The maximum Gasteiger partial charge on any atom is 0.229 e. The van der Waals surface area contributed by atoms with Crippen LogP contribution in [0.15, 0.2) is 42.6 Å². The minimum Gasteiger partial charge on any atom is -0.384 e. The van der Waals surface area contributed by atoms with Crippen molar-refractivity contribution in [2.45, 2.75) is 19.8 Å². The lowest BCUT2D eigenvalue weighted by Gasteiger charge is -2.17. The number of nitrogens with two attached hydrogens (primary N) is 1. The van der Waals surface area contributed by atoms with E-state index >= 15 is 0 Å². The van der Waals surface area contributed by atoms with E-state index in [0.717, 1.165) is 12.1 Å². The molecule has 1 aliphatic heterocycles. The fourth-order valence-electron chi connectivity index (χ4n) is 2.77. The lowest BCUT2D eigenvalue weighted by Crippen LogP contribution is -2.28. The number of halogens is 1. The van der Waals surface area contributed by atoms with Gasteiger partial charge in [0.15, 0.2) is 0 Å². The largest absolute Gasteiger partial charge is 0.384 e. The van der Waals surface area contributed by atoms with E-state index in [4.69, 9.17) is 5.73 Å². The van der Waals surface area contributed by atoms with E-state index < -0.39 is 0 Å². The maximum atomic E-state index is 12.4. The second-order valence-corrected chi connectivity index (χ2v) is 5.89. The minimum absolute atomic E-state index is 0. The van der Waals surface area contributed by atoms with Crippen LogP contribution >= 0.6 is 12.4 Å². The van der Waals surface area contributed by atoms with Gasteiger partial charge in [-0.05, 0) is 36.2 Å². The van der Waals surface area contributed by atoms with Gasteiger partial charge in [0.1, 0.15) is 5.82 Å². The molecule has 1 saturated heterocycles. The van der Waals surface area contributed by atoms with E-state index in [2.05, 4.69) is 17.2 Å². The second kappa shape index (κ2) is 7.98. The Kier molecular flexibility index (Phi) is 5.98. The monoisotopic (exact) mass is 360 g/mol. The van der Waals surface area contributed by atoms with Crippen molar-refractivity contribution in [2.75, 3.05) is 22.5 Å². The Morgan fingerprint density at radius 3 is 2.60 bits per heavy atom. The van der Waals surface area contributed by atoms with E-state index in [1.165, 1.54) is 11.8 Å². The number of nitrogen functional groups attached to an aromatic ring is 1. The van der Waals surface area contributed by atoms with Crippen LogP contribution in [0.25, 0.3) is 0 Å². The molecule has 2 heterocycles. The van der Waals surface area contributed by atoms with Crippen LogP contribution < -0.4 is 16.0 Å². The number of carbonyl (C=O) groups excluding carboxylic acids is 2. The van der Waals surface area contributed by atoms with Gasteiger partial charge >= 0.3 is 0 Å². The molecule has 3 N–H and O–H groups in total. The summed E-state index contributed by atoms with van der Waals surface area (Å²) in [6, 6.07) is 11.2. The van der Waals surface area contributed by atoms with Gasteiger partial charge in [0.25, 0.3) is 0 Å². The first kappa shape index (κ1) is 18.7. The smallest absolute Gasteiger partial charge is 0.229 e. The molecule has 1 fully saturated rings. The standard InChI is InChI=1S/C18H20N4O2.ClH/c1-2-12-3-6-15(7-4-12)22-11-13(9-17(22)23)18(24)21-14-5-8-16(19)20-10-14;/h3-8,10,13H,2,9,11H2,1H3,(H2,19,20)(H,21,24);1H. The first-order valence-electron chi connectivity index (χ1n) is 7.98. The molecule has 25 heavy (non-hydrogen) atoms. The van der Waals surface area contributed by atoms with Gasteiger partial charge in [-0.15, -0.1) is 12.4 Å². The third-order valence-corrected chi connectivity index (χ3v) is 4.21. The molecule has 0 spiro atoms. The summed E-state index contributed by atoms with van der Waals surface area (Å²) in [5, 5.41) is 2.79. The molecule has 7 heteroatoms. The van der Waals surface area contributed by atoms with E-state index in [0.29, 0.717) is 18.1 Å². The summed E-state index contributed by atoms with van der Waals surface area (Å²) in [6.07, 6.45) is 2.67. The number of amides is 2. The third-order valence-electron chi connectivity index (χ3n) is 4.21. The van der Waals surface area contributed by atoms with Crippen molar-refractivity contribution in [1.29, 1.82) is 0 Å². The van der Waals surface area contributed by atoms with Gasteiger partial charge in [0, 0.05) is 18.7 Å². The Morgan fingerprint density at radius 1 is 1.28 bits per heavy atom. The van der Waals surface area contributed by atoms with Crippen LogP contribution in [0.3, 0.4) is 0 Å². The van der Waals surface area contributed by atoms with Gasteiger partial charge in [-0.3, -0.25) is 9.59 Å². The quantitative estimate of drug-likeness (QED) is 0.877. The fourth-order valence-corrected chi connectivity index (χ4v) is 2.77. The average Bonchev–Trinajstić information content (AvgIpc) is 2.99. The highest BCUT2D eigenvalue weighted by Gasteiger charge is 2.35. The van der Waals surface area contributed by atoms with Gasteiger partial charge in [0.05, 0.1) is 17.8 Å². The predicted molar refractivity (Wildman–Crippen MR) is 101 cm³/mol. The molecule has 1 aromatic carbocycles. The van der Waals surface area contributed by atoms with E-state index in [9.17, 15) is 9.59 Å². The summed E-state index contributed by atoms with van der Waals surface area (Å²) in [6.45, 7) is 2.47. The molecule has 2 amide bonds. The van der Waals surface area contributed by atoms with Gasteiger partial charge in [-0.1, -0.05) is 19.1 Å². The first-order valence-corrected chi connectivity index (χ1v) is 7.98. The highest BCUT2D eigenvalue weighted by Crippen LogP contribution is 2.26. The number of aryl methyl sites for hydroxylation is 1. The van der Waals surface area contributed by atoms with Crippen molar-refractivity contribution < 1.29 is 9.59 Å². The number of nitrogens with one attached hydrogen (secondary N) is 1. The van der Waals surface area contributed by atoms with Gasteiger partial charge < -0.3 is 16.0 Å². The van der Waals surface area contributed by atoms with Crippen LogP contribution in [-0.2, 0) is 16.0 Å². The molecule has 0 radical (unpaired) electrons. The molecule has 6 nitrogen and oxygen atoms in total. The van der Waals surface area contributed by atoms with Crippen molar-refractivity contribution in [3.8, 4) is 0 Å². The Balaban J connectivity index is 0.00000225. The lowest BCUT2D eigenvalue weighted by molar-refractivity contribution is -0.122. The lowest BCUT2D eigenvalue weighted by atomic mass is 10.1. The number of pyridine rings is 1. The predicted octanol–water partition coefficient (Wildman–Crippen LogP) is 2.64. The molecule has 0 aliphatic carbocycles. The van der Waals surface area contributed by atoms with Gasteiger partial charge in [-0.2, -0.15) is 0 Å². The van der Waals surface area contributed by atoms with Crippen molar-refractivity contribution >= 4 is 41.4 Å². The molecular weight excluding hydrogens is 340 g/mol. The molecular formula is C18H21ClN4O2. The zero-order valence-corrected chi connectivity index (χ0v) is 14.8. The molecule has 1 aromatic heterocycles. The normalized spacial score (nSPS) is 16.4. The van der Waals surface area contributed by atoms with Crippen LogP contribution in [0, 0.1) is 5.92 Å². The van der Waals surface area contributed by atoms with Crippen LogP contribution in [-0.4, -0.2) is 23.3 Å². The Morgan fingerprint density at radius 2 is 2.00 bits per heavy atom. The van der Waals surface area contributed by atoms with E-state index in [1.54, 1.807) is 17.0 Å². The Labute approximate surface area is 152 Å². The summed E-state index contributed by atoms with van der Waals surface area (Å²) in [5.74, 6) is -0.191. The Hall–Kier alpha value is -2.60. The highest BCUT2D eigenvalue weighted by molar-refractivity contribution is 6.03. The number of nitrogens with zero attached hydrogens (tertiary/aromatic N) is 2.